The first-order chi connectivity index (χ1) is 4.68. The Balaban J connectivity index is 2.67. The maximum atomic E-state index is 10.7. The highest BCUT2D eigenvalue weighted by molar-refractivity contribution is 7.42. The largest absolute Gasteiger partial charge is 0.382 e. The number of rotatable bonds is 2. The fraction of sp³-hybridized carbons (Fsp3) is 0.400. The van der Waals surface area contributed by atoms with E-state index < -0.39 is 7.80 Å². The van der Waals surface area contributed by atoms with Gasteiger partial charge in [0.15, 0.2) is 0 Å². The van der Waals surface area contributed by atoms with Crippen LogP contribution < -0.4 is 5.73 Å². The van der Waals surface area contributed by atoms with Crippen LogP contribution in [0.5, 0.6) is 0 Å². The molecule has 10 heavy (non-hydrogen) atoms. The van der Waals surface area contributed by atoms with Gasteiger partial charge in [-0.15, -0.1) is 0 Å². The SMILES string of the molecule is C[P+](=O)Cn1ccc(N)n1. The third-order valence-electron chi connectivity index (χ3n) is 1.01. The van der Waals surface area contributed by atoms with Crippen molar-refractivity contribution >= 4 is 13.6 Å². The van der Waals surface area contributed by atoms with Gasteiger partial charge in [0.1, 0.15) is 12.5 Å². The van der Waals surface area contributed by atoms with E-state index in [2.05, 4.69) is 5.10 Å². The minimum atomic E-state index is -1.17. The maximum Gasteiger partial charge on any atom is 0.358 e. The molecule has 1 aromatic rings. The lowest BCUT2D eigenvalue weighted by molar-refractivity contribution is 0.579. The van der Waals surface area contributed by atoms with Crippen molar-refractivity contribution < 1.29 is 4.57 Å². The lowest BCUT2D eigenvalue weighted by Gasteiger charge is -1.85. The predicted octanol–water partition coefficient (Wildman–Crippen LogP) is 0.880. The highest BCUT2D eigenvalue weighted by atomic mass is 31.1. The van der Waals surface area contributed by atoms with E-state index in [-0.39, 0.29) is 0 Å². The van der Waals surface area contributed by atoms with Crippen LogP contribution in [0.15, 0.2) is 12.3 Å². The average molecular weight is 158 g/mol. The topological polar surface area (TPSA) is 60.9 Å². The molecule has 1 atom stereocenters. The predicted molar refractivity (Wildman–Crippen MR) is 40.2 cm³/mol. The molecule has 0 fully saturated rings. The number of nitrogens with two attached hydrogens (primary N) is 1. The van der Waals surface area contributed by atoms with E-state index in [9.17, 15) is 4.57 Å². The molecule has 5 heteroatoms. The molecule has 0 saturated carbocycles. The number of anilines is 1. The van der Waals surface area contributed by atoms with Gasteiger partial charge in [-0.05, 0) is 0 Å². The smallest absolute Gasteiger partial charge is 0.358 e. The van der Waals surface area contributed by atoms with E-state index in [0.29, 0.717) is 12.1 Å². The van der Waals surface area contributed by atoms with Crippen molar-refractivity contribution in [2.24, 2.45) is 0 Å². The van der Waals surface area contributed by atoms with Crippen molar-refractivity contribution in [1.82, 2.24) is 9.78 Å². The highest BCUT2D eigenvalue weighted by Gasteiger charge is 2.06. The van der Waals surface area contributed by atoms with Crippen LogP contribution in [0.1, 0.15) is 0 Å². The quantitative estimate of drug-likeness (QED) is 0.650. The Hall–Kier alpha value is -0.890. The van der Waals surface area contributed by atoms with Gasteiger partial charge in [0.2, 0.25) is 6.29 Å². The summed E-state index contributed by atoms with van der Waals surface area (Å²) < 4.78 is 12.2. The maximum absolute atomic E-state index is 10.7. The molecule has 0 aliphatic heterocycles. The summed E-state index contributed by atoms with van der Waals surface area (Å²) in [5, 5.41) is 3.86. The highest BCUT2D eigenvalue weighted by Crippen LogP contribution is 2.15. The summed E-state index contributed by atoms with van der Waals surface area (Å²) in [4.78, 5) is 0. The van der Waals surface area contributed by atoms with Crippen LogP contribution in [-0.2, 0) is 10.9 Å². The van der Waals surface area contributed by atoms with Crippen molar-refractivity contribution in [3.63, 3.8) is 0 Å². The molecule has 1 aromatic heterocycles. The molecule has 1 rings (SSSR count). The van der Waals surface area contributed by atoms with Crippen LogP contribution in [-0.4, -0.2) is 16.4 Å². The summed E-state index contributed by atoms with van der Waals surface area (Å²) in [6.45, 7) is 1.66. The average Bonchev–Trinajstić information content (AvgIpc) is 2.13. The van der Waals surface area contributed by atoms with Crippen LogP contribution in [0.25, 0.3) is 0 Å². The lowest BCUT2D eigenvalue weighted by atomic mass is 10.7. The van der Waals surface area contributed by atoms with Crippen LogP contribution in [0.4, 0.5) is 5.82 Å². The van der Waals surface area contributed by atoms with Gasteiger partial charge in [-0.2, -0.15) is 5.10 Å². The number of nitrogen functional groups attached to an aromatic ring is 1. The minimum absolute atomic E-state index is 0.451. The second-order valence-corrected chi connectivity index (χ2v) is 3.59. The minimum Gasteiger partial charge on any atom is -0.382 e. The van der Waals surface area contributed by atoms with Crippen molar-refractivity contribution in [2.45, 2.75) is 6.29 Å². The third kappa shape index (κ3) is 1.81. The molecule has 0 bridgehead atoms. The lowest BCUT2D eigenvalue weighted by Crippen LogP contribution is -1.95. The van der Waals surface area contributed by atoms with Crippen LogP contribution in [0.2, 0.25) is 0 Å². The standard InChI is InChI=1S/C5H9N3OP/c1-10(9)4-8-3-2-5(6)7-8/h2-3H,4H2,1H3,(H2,6,7)/q+1. The Kier molecular flexibility index (Phi) is 2.02. The van der Waals surface area contributed by atoms with Crippen LogP contribution >= 0.6 is 7.80 Å². The summed E-state index contributed by atoms with van der Waals surface area (Å²) in [6.07, 6.45) is 2.17. The molecular formula is C5H9N3OP+. The van der Waals surface area contributed by atoms with Gasteiger partial charge in [0.25, 0.3) is 0 Å². The number of hydrogen-bond donors (Lipinski definition) is 1. The van der Waals surface area contributed by atoms with Crippen molar-refractivity contribution in [3.8, 4) is 0 Å². The molecule has 2 N–H and O–H groups in total. The monoisotopic (exact) mass is 158 g/mol. The van der Waals surface area contributed by atoms with E-state index in [0.717, 1.165) is 0 Å². The molecule has 0 aliphatic rings. The normalized spacial score (nSPS) is 11.5. The van der Waals surface area contributed by atoms with E-state index in [1.165, 1.54) is 0 Å². The Bertz CT molecular complexity index is 245. The number of aromatic nitrogens is 2. The fourth-order valence-corrected chi connectivity index (χ4v) is 1.23. The fourth-order valence-electron chi connectivity index (χ4n) is 0.660. The van der Waals surface area contributed by atoms with Gasteiger partial charge in [-0.3, -0.25) is 0 Å². The molecule has 4 nitrogen and oxygen atoms in total. The zero-order chi connectivity index (χ0) is 7.56. The molecule has 54 valence electrons. The van der Waals surface area contributed by atoms with Crippen molar-refractivity contribution in [2.75, 3.05) is 12.4 Å². The summed E-state index contributed by atoms with van der Waals surface area (Å²) in [5.41, 5.74) is 5.33. The zero-order valence-corrected chi connectivity index (χ0v) is 6.58. The van der Waals surface area contributed by atoms with Gasteiger partial charge in [-0.25, -0.2) is 4.68 Å². The van der Waals surface area contributed by atoms with E-state index in [1.54, 1.807) is 23.6 Å². The Labute approximate surface area is 59.8 Å². The van der Waals surface area contributed by atoms with E-state index >= 15 is 0 Å². The van der Waals surface area contributed by atoms with Crippen molar-refractivity contribution in [1.29, 1.82) is 0 Å². The third-order valence-corrected chi connectivity index (χ3v) is 1.69. The summed E-state index contributed by atoms with van der Waals surface area (Å²) in [6, 6.07) is 1.68. The first-order valence-corrected chi connectivity index (χ1v) is 4.75. The molecule has 0 aliphatic carbocycles. The molecular weight excluding hydrogens is 149 g/mol. The van der Waals surface area contributed by atoms with E-state index in [4.69, 9.17) is 5.73 Å². The Morgan fingerprint density at radius 2 is 2.60 bits per heavy atom. The molecule has 1 heterocycles. The molecule has 0 amide bonds. The van der Waals surface area contributed by atoms with Gasteiger partial charge >= 0.3 is 7.80 Å². The van der Waals surface area contributed by atoms with Crippen LogP contribution in [0.3, 0.4) is 0 Å². The number of nitrogens with zero attached hydrogens (tertiary/aromatic N) is 2. The molecule has 1 unspecified atom stereocenters. The Morgan fingerprint density at radius 1 is 1.90 bits per heavy atom. The molecule has 0 saturated heterocycles. The second-order valence-electron chi connectivity index (χ2n) is 2.05. The van der Waals surface area contributed by atoms with Crippen LogP contribution in [0, 0.1) is 0 Å². The zero-order valence-electron chi connectivity index (χ0n) is 5.69. The molecule has 0 aromatic carbocycles. The Morgan fingerprint density at radius 3 is 3.00 bits per heavy atom. The summed E-state index contributed by atoms with van der Waals surface area (Å²) >= 11 is 0. The molecule has 0 radical (unpaired) electrons. The number of hydrogen-bond acceptors (Lipinski definition) is 3. The van der Waals surface area contributed by atoms with E-state index in [1.807, 2.05) is 0 Å². The second kappa shape index (κ2) is 2.80. The van der Waals surface area contributed by atoms with Gasteiger partial charge in [-0.1, -0.05) is 4.57 Å². The summed E-state index contributed by atoms with van der Waals surface area (Å²) in [7, 11) is -1.17. The first kappa shape index (κ1) is 7.22. The summed E-state index contributed by atoms with van der Waals surface area (Å²) in [5.74, 6) is 0.469. The van der Waals surface area contributed by atoms with Crippen molar-refractivity contribution in [3.05, 3.63) is 12.3 Å². The van der Waals surface area contributed by atoms with Gasteiger partial charge in [0.05, 0.1) is 0 Å². The molecule has 0 spiro atoms. The van der Waals surface area contributed by atoms with Gasteiger partial charge in [0, 0.05) is 12.3 Å². The van der Waals surface area contributed by atoms with Gasteiger partial charge < -0.3 is 5.73 Å². The first-order valence-electron chi connectivity index (χ1n) is 2.85.